The van der Waals surface area contributed by atoms with E-state index in [9.17, 15) is 19.2 Å². The van der Waals surface area contributed by atoms with Gasteiger partial charge in [-0.3, -0.25) is 24.5 Å². The number of benzene rings is 1. The maximum atomic E-state index is 12.0. The van der Waals surface area contributed by atoms with E-state index in [4.69, 9.17) is 29.5 Å². The van der Waals surface area contributed by atoms with Gasteiger partial charge in [-0.1, -0.05) is 18.2 Å². The number of carbonyl (C=O) groups is 4. The zero-order valence-corrected chi connectivity index (χ0v) is 17.1. The van der Waals surface area contributed by atoms with Gasteiger partial charge in [0.05, 0.1) is 0 Å². The fourth-order valence-electron chi connectivity index (χ4n) is 2.68. The number of hydrogen-bond acceptors (Lipinski definition) is 11. The molecule has 12 nitrogen and oxygen atoms in total. The van der Waals surface area contributed by atoms with Crippen LogP contribution in [-0.2, 0) is 38.2 Å². The summed E-state index contributed by atoms with van der Waals surface area (Å²) in [5.41, 5.74) is 6.51. The summed E-state index contributed by atoms with van der Waals surface area (Å²) in [6.45, 7) is 3.08. The summed E-state index contributed by atoms with van der Waals surface area (Å²) < 4.78 is 20.8. The van der Waals surface area contributed by atoms with Gasteiger partial charge in [0.2, 0.25) is 5.90 Å². The highest BCUT2D eigenvalue weighted by atomic mass is 16.7. The number of amides is 1. The van der Waals surface area contributed by atoms with Gasteiger partial charge in [0.25, 0.3) is 0 Å². The lowest BCUT2D eigenvalue weighted by atomic mass is 9.97. The van der Waals surface area contributed by atoms with Crippen molar-refractivity contribution in [3.63, 3.8) is 0 Å². The van der Waals surface area contributed by atoms with Gasteiger partial charge in [0.15, 0.2) is 18.3 Å². The predicted molar refractivity (Wildman–Crippen MR) is 105 cm³/mol. The van der Waals surface area contributed by atoms with Crippen molar-refractivity contribution >= 4 is 35.6 Å². The molecule has 1 aliphatic rings. The molecule has 3 N–H and O–H groups in total. The lowest BCUT2D eigenvalue weighted by molar-refractivity contribution is -0.185. The Labute approximate surface area is 177 Å². The van der Waals surface area contributed by atoms with Crippen molar-refractivity contribution in [1.82, 2.24) is 0 Å². The molecule has 0 spiro atoms. The van der Waals surface area contributed by atoms with E-state index in [0.29, 0.717) is 5.69 Å². The van der Waals surface area contributed by atoms with Crippen LogP contribution in [0.3, 0.4) is 0 Å². The maximum absolute atomic E-state index is 12.0. The van der Waals surface area contributed by atoms with Crippen molar-refractivity contribution in [2.45, 2.75) is 45.1 Å². The molecule has 12 heteroatoms. The van der Waals surface area contributed by atoms with Crippen LogP contribution in [0.2, 0.25) is 0 Å². The average molecular weight is 437 g/mol. The maximum Gasteiger partial charge on any atom is 0.437 e. The summed E-state index contributed by atoms with van der Waals surface area (Å²) in [5, 5.41) is 6.03. The molecular weight excluding hydrogens is 414 g/mol. The Morgan fingerprint density at radius 3 is 2.19 bits per heavy atom. The first-order valence-electron chi connectivity index (χ1n) is 9.18. The smallest absolute Gasteiger partial charge is 0.437 e. The van der Waals surface area contributed by atoms with Crippen LogP contribution >= 0.6 is 0 Å². The fraction of sp³-hybridized carbons (Fsp3) is 0.421. The summed E-state index contributed by atoms with van der Waals surface area (Å²) in [5.74, 6) is -2.37. The molecule has 0 bridgehead atoms. The van der Waals surface area contributed by atoms with Gasteiger partial charge in [-0.05, 0) is 17.3 Å². The number of hydrogen-bond donors (Lipinski definition) is 2. The van der Waals surface area contributed by atoms with Gasteiger partial charge < -0.3 is 24.7 Å². The summed E-state index contributed by atoms with van der Waals surface area (Å²) in [4.78, 5) is 51.0. The molecule has 2 rings (SSSR count). The topological polar surface area (TPSA) is 165 Å². The van der Waals surface area contributed by atoms with Crippen LogP contribution in [0.4, 0.5) is 10.5 Å². The monoisotopic (exact) mass is 437 g/mol. The van der Waals surface area contributed by atoms with Crippen molar-refractivity contribution in [2.75, 3.05) is 11.9 Å². The van der Waals surface area contributed by atoms with E-state index in [1.807, 2.05) is 0 Å². The molecule has 0 saturated carbocycles. The Morgan fingerprint density at radius 1 is 1.00 bits per heavy atom. The molecule has 1 amide bonds. The molecule has 1 aliphatic heterocycles. The predicted octanol–water partition coefficient (Wildman–Crippen LogP) is 0.701. The van der Waals surface area contributed by atoms with Gasteiger partial charge in [-0.2, -0.15) is 0 Å². The SMILES string of the molecule is CC(=O)OC[C@H]1O/C(=N\OC(=O)Nc2ccccc2)[C@H](N)[C@@H](OC(C)=O)[C@@H]1OC(C)=O. The van der Waals surface area contributed by atoms with Crippen LogP contribution in [0, 0.1) is 0 Å². The summed E-state index contributed by atoms with van der Waals surface area (Å²) >= 11 is 0. The molecule has 1 fully saturated rings. The minimum atomic E-state index is -1.24. The third-order valence-electron chi connectivity index (χ3n) is 3.90. The number of esters is 3. The van der Waals surface area contributed by atoms with E-state index in [1.165, 1.54) is 6.92 Å². The number of rotatable bonds is 6. The second-order valence-corrected chi connectivity index (χ2v) is 6.43. The lowest BCUT2D eigenvalue weighted by Gasteiger charge is -2.39. The molecule has 1 aromatic carbocycles. The standard InChI is InChI=1S/C19H23N3O9/c1-10(23)27-9-14-16(28-11(2)24)17(29-12(3)25)15(20)18(30-14)22-31-19(26)21-13-7-5-4-6-8-13/h4-8,14-17H,9,20H2,1-3H3,(H,21,26)/b22-18-/t14-,15-,16-,17-/m1/s1. The van der Waals surface area contributed by atoms with Crippen LogP contribution in [-0.4, -0.2) is 60.9 Å². The van der Waals surface area contributed by atoms with Crippen molar-refractivity contribution in [1.29, 1.82) is 0 Å². The lowest BCUT2D eigenvalue weighted by Crippen LogP contribution is -2.62. The number of para-hydroxylation sites is 1. The Kier molecular flexibility index (Phi) is 8.32. The second-order valence-electron chi connectivity index (χ2n) is 6.43. The number of nitrogens with one attached hydrogen (secondary N) is 1. The van der Waals surface area contributed by atoms with E-state index < -0.39 is 48.4 Å². The van der Waals surface area contributed by atoms with E-state index in [0.717, 1.165) is 13.8 Å². The van der Waals surface area contributed by atoms with E-state index in [2.05, 4.69) is 10.5 Å². The fourth-order valence-corrected chi connectivity index (χ4v) is 2.68. The van der Waals surface area contributed by atoms with Crippen LogP contribution in [0.5, 0.6) is 0 Å². The first kappa shape index (κ1) is 23.6. The molecule has 0 aliphatic carbocycles. The van der Waals surface area contributed by atoms with Crippen LogP contribution < -0.4 is 11.1 Å². The second kappa shape index (κ2) is 10.9. The average Bonchev–Trinajstić information content (AvgIpc) is 2.69. The van der Waals surface area contributed by atoms with Crippen molar-refractivity contribution in [2.24, 2.45) is 10.9 Å². The van der Waals surface area contributed by atoms with Gasteiger partial charge in [-0.15, -0.1) is 0 Å². The zero-order chi connectivity index (χ0) is 23.0. The highest BCUT2D eigenvalue weighted by Gasteiger charge is 2.48. The highest BCUT2D eigenvalue weighted by Crippen LogP contribution is 2.23. The summed E-state index contributed by atoms with van der Waals surface area (Å²) in [7, 11) is 0. The molecule has 0 radical (unpaired) electrons. The third kappa shape index (κ3) is 7.26. The molecular formula is C19H23N3O9. The number of nitrogens with two attached hydrogens (primary N) is 1. The van der Waals surface area contributed by atoms with Crippen molar-refractivity contribution in [3.05, 3.63) is 30.3 Å². The molecule has 0 unspecified atom stereocenters. The van der Waals surface area contributed by atoms with Gasteiger partial charge in [-0.25, -0.2) is 4.79 Å². The van der Waals surface area contributed by atoms with E-state index in [1.54, 1.807) is 30.3 Å². The third-order valence-corrected chi connectivity index (χ3v) is 3.90. The Bertz CT molecular complexity index is 843. The number of carbonyl (C=O) groups excluding carboxylic acids is 4. The number of oxime groups is 1. The molecule has 0 aromatic heterocycles. The molecule has 1 heterocycles. The molecule has 1 aromatic rings. The first-order chi connectivity index (χ1) is 14.7. The number of nitrogens with zero attached hydrogens (tertiary/aromatic N) is 1. The van der Waals surface area contributed by atoms with Crippen molar-refractivity contribution in [3.8, 4) is 0 Å². The first-order valence-corrected chi connectivity index (χ1v) is 9.18. The molecule has 4 atom stereocenters. The van der Waals surface area contributed by atoms with E-state index in [-0.39, 0.29) is 12.5 Å². The van der Waals surface area contributed by atoms with E-state index >= 15 is 0 Å². The molecule has 168 valence electrons. The molecule has 1 saturated heterocycles. The van der Waals surface area contributed by atoms with Gasteiger partial charge in [0.1, 0.15) is 12.6 Å². The highest BCUT2D eigenvalue weighted by molar-refractivity contribution is 5.87. The number of anilines is 1. The van der Waals surface area contributed by atoms with Crippen LogP contribution in [0.1, 0.15) is 20.8 Å². The van der Waals surface area contributed by atoms with Gasteiger partial charge >= 0.3 is 24.0 Å². The number of ether oxygens (including phenoxy) is 4. The minimum absolute atomic E-state index is 0.324. The summed E-state index contributed by atoms with van der Waals surface area (Å²) in [6, 6.07) is 7.20. The Hall–Kier alpha value is -3.67. The zero-order valence-electron chi connectivity index (χ0n) is 17.1. The Balaban J connectivity index is 2.21. The van der Waals surface area contributed by atoms with Crippen LogP contribution in [0.15, 0.2) is 35.5 Å². The largest absolute Gasteiger partial charge is 0.466 e. The quantitative estimate of drug-likeness (QED) is 0.280. The van der Waals surface area contributed by atoms with Crippen molar-refractivity contribution < 1.29 is 43.0 Å². The van der Waals surface area contributed by atoms with Gasteiger partial charge in [0, 0.05) is 26.5 Å². The molecule has 31 heavy (non-hydrogen) atoms. The normalized spacial score (nSPS) is 23.8. The minimum Gasteiger partial charge on any atom is -0.466 e. The van der Waals surface area contributed by atoms with Crippen LogP contribution in [0.25, 0.3) is 0 Å². The summed E-state index contributed by atoms with van der Waals surface area (Å²) in [6.07, 6.45) is -4.50. The Morgan fingerprint density at radius 2 is 1.61 bits per heavy atom.